The van der Waals surface area contributed by atoms with Crippen molar-refractivity contribution in [1.29, 1.82) is 0 Å². The van der Waals surface area contributed by atoms with Crippen LogP contribution in [0.5, 0.6) is 0 Å². The van der Waals surface area contributed by atoms with Crippen LogP contribution in [0, 0.1) is 5.92 Å². The van der Waals surface area contributed by atoms with Gasteiger partial charge in [-0.15, -0.1) is 0 Å². The van der Waals surface area contributed by atoms with Crippen LogP contribution in [0.3, 0.4) is 0 Å². The van der Waals surface area contributed by atoms with E-state index >= 15 is 0 Å². The molecule has 0 radical (unpaired) electrons. The lowest BCUT2D eigenvalue weighted by Crippen LogP contribution is -2.47. The second-order valence-corrected chi connectivity index (χ2v) is 6.46. The van der Waals surface area contributed by atoms with Gasteiger partial charge >= 0.3 is 12.0 Å². The molecule has 2 N–H and O–H groups in total. The van der Waals surface area contributed by atoms with E-state index in [9.17, 15) is 9.59 Å². The highest BCUT2D eigenvalue weighted by Gasteiger charge is 2.27. The molecule has 0 bridgehead atoms. The Hall–Kier alpha value is -0.910. The fourth-order valence-corrected chi connectivity index (χ4v) is 2.62. The largest absolute Gasteiger partial charge is 0.481 e. The number of hydrogen-bond acceptors (Lipinski definition) is 3. The fourth-order valence-electron chi connectivity index (χ4n) is 1.93. The number of nitrogens with zero attached hydrogens (tertiary/aromatic N) is 1. The van der Waals surface area contributed by atoms with Crippen molar-refractivity contribution >= 4 is 23.8 Å². The molecule has 1 unspecified atom stereocenters. The van der Waals surface area contributed by atoms with Crippen molar-refractivity contribution in [2.75, 3.05) is 25.4 Å². The third-order valence-corrected chi connectivity index (χ3v) is 3.99. The third-order valence-electron chi connectivity index (χ3n) is 2.89. The smallest absolute Gasteiger partial charge is 0.317 e. The van der Waals surface area contributed by atoms with E-state index in [4.69, 9.17) is 5.11 Å². The van der Waals surface area contributed by atoms with E-state index in [0.29, 0.717) is 31.3 Å². The second kappa shape index (κ2) is 7.51. The number of carbonyl (C=O) groups excluding carboxylic acids is 1. The summed E-state index contributed by atoms with van der Waals surface area (Å²) in [5, 5.41) is 12.4. The Morgan fingerprint density at radius 3 is 2.83 bits per heavy atom. The number of rotatable bonds is 5. The molecule has 1 fully saturated rings. The number of carbonyl (C=O) groups is 2. The van der Waals surface area contributed by atoms with E-state index in [1.165, 1.54) is 0 Å². The lowest BCUT2D eigenvalue weighted by Gasteiger charge is -2.30. The molecule has 0 aliphatic carbocycles. The lowest BCUT2D eigenvalue weighted by molar-refractivity contribution is -0.143. The van der Waals surface area contributed by atoms with Crippen molar-refractivity contribution in [3.63, 3.8) is 0 Å². The fraction of sp³-hybridized carbons (Fsp3) is 0.833. The van der Waals surface area contributed by atoms with Crippen LogP contribution >= 0.6 is 11.8 Å². The maximum atomic E-state index is 11.8. The molecule has 1 saturated heterocycles. The second-order valence-electron chi connectivity index (χ2n) is 4.77. The van der Waals surface area contributed by atoms with E-state index in [1.807, 2.05) is 0 Å². The van der Waals surface area contributed by atoms with Crippen LogP contribution in [0.15, 0.2) is 0 Å². The molecule has 1 atom stereocenters. The first-order valence-electron chi connectivity index (χ1n) is 6.38. The van der Waals surface area contributed by atoms with E-state index in [2.05, 4.69) is 19.2 Å². The Bertz CT molecular complexity index is 297. The quantitative estimate of drug-likeness (QED) is 0.748. The molecule has 0 aromatic carbocycles. The Morgan fingerprint density at radius 2 is 2.22 bits per heavy atom. The van der Waals surface area contributed by atoms with Crippen LogP contribution in [0.2, 0.25) is 0 Å². The zero-order valence-electron chi connectivity index (χ0n) is 11.0. The van der Waals surface area contributed by atoms with Gasteiger partial charge in [0.25, 0.3) is 0 Å². The number of carboxylic acid groups (broad SMARTS) is 1. The number of aliphatic carboxylic acids is 1. The number of piperidine rings is 1. The summed E-state index contributed by atoms with van der Waals surface area (Å²) < 4.78 is 0. The van der Waals surface area contributed by atoms with Crippen LogP contribution in [0.4, 0.5) is 4.79 Å². The van der Waals surface area contributed by atoms with E-state index in [1.54, 1.807) is 16.7 Å². The van der Waals surface area contributed by atoms with Crippen LogP contribution in [-0.2, 0) is 4.79 Å². The van der Waals surface area contributed by atoms with Gasteiger partial charge in [0.1, 0.15) is 0 Å². The van der Waals surface area contributed by atoms with Gasteiger partial charge in [0, 0.05) is 25.4 Å². The molecule has 6 heteroatoms. The maximum absolute atomic E-state index is 11.8. The summed E-state index contributed by atoms with van der Waals surface area (Å²) in [5.41, 5.74) is 0. The summed E-state index contributed by atoms with van der Waals surface area (Å²) in [5.74, 6) is -0.322. The summed E-state index contributed by atoms with van der Waals surface area (Å²) in [6, 6.07) is -0.134. The molecule has 5 nitrogen and oxygen atoms in total. The summed E-state index contributed by atoms with van der Waals surface area (Å²) >= 11 is 1.80. The molecule has 0 aromatic rings. The van der Waals surface area contributed by atoms with Crippen molar-refractivity contribution in [1.82, 2.24) is 10.2 Å². The first-order chi connectivity index (χ1) is 8.50. The summed E-state index contributed by atoms with van der Waals surface area (Å²) in [6.07, 6.45) is 1.44. The van der Waals surface area contributed by atoms with E-state index < -0.39 is 11.9 Å². The molecular weight excluding hydrogens is 252 g/mol. The highest BCUT2D eigenvalue weighted by atomic mass is 32.2. The van der Waals surface area contributed by atoms with Gasteiger partial charge in [-0.25, -0.2) is 4.79 Å². The van der Waals surface area contributed by atoms with Gasteiger partial charge < -0.3 is 15.3 Å². The number of urea groups is 1. The van der Waals surface area contributed by atoms with Crippen molar-refractivity contribution in [2.45, 2.75) is 31.9 Å². The van der Waals surface area contributed by atoms with Gasteiger partial charge in [-0.2, -0.15) is 11.8 Å². The van der Waals surface area contributed by atoms with E-state index in [0.717, 1.165) is 12.2 Å². The first kappa shape index (κ1) is 15.1. The molecule has 18 heavy (non-hydrogen) atoms. The van der Waals surface area contributed by atoms with Crippen molar-refractivity contribution in [2.24, 2.45) is 5.92 Å². The Morgan fingerprint density at radius 1 is 1.50 bits per heavy atom. The number of nitrogens with one attached hydrogen (secondary N) is 1. The predicted octanol–water partition coefficient (Wildman–Crippen LogP) is 1.63. The molecule has 1 rings (SSSR count). The van der Waals surface area contributed by atoms with Crippen LogP contribution < -0.4 is 5.32 Å². The van der Waals surface area contributed by atoms with Gasteiger partial charge in [0.2, 0.25) is 0 Å². The van der Waals surface area contributed by atoms with Gasteiger partial charge in [0.05, 0.1) is 5.92 Å². The van der Waals surface area contributed by atoms with Crippen LogP contribution in [-0.4, -0.2) is 52.6 Å². The minimum absolute atomic E-state index is 0.134. The van der Waals surface area contributed by atoms with Gasteiger partial charge in [-0.05, 0) is 18.1 Å². The highest BCUT2D eigenvalue weighted by Crippen LogP contribution is 2.16. The Kier molecular flexibility index (Phi) is 6.32. The number of likely N-dealkylation sites (tertiary alicyclic amines) is 1. The topological polar surface area (TPSA) is 69.6 Å². The molecule has 2 amide bonds. The maximum Gasteiger partial charge on any atom is 0.317 e. The molecule has 0 spiro atoms. The van der Waals surface area contributed by atoms with Gasteiger partial charge in [-0.1, -0.05) is 13.8 Å². The SMILES string of the molecule is CC(C)SCCNC(=O)N1CCCC(C(=O)O)C1. The highest BCUT2D eigenvalue weighted by molar-refractivity contribution is 7.99. The normalized spacial score (nSPS) is 19.9. The summed E-state index contributed by atoms with van der Waals surface area (Å²) in [7, 11) is 0. The molecular formula is C12H22N2O3S. The monoisotopic (exact) mass is 274 g/mol. The first-order valence-corrected chi connectivity index (χ1v) is 7.42. The third kappa shape index (κ3) is 5.16. The summed E-state index contributed by atoms with van der Waals surface area (Å²) in [4.78, 5) is 24.3. The zero-order valence-corrected chi connectivity index (χ0v) is 11.8. The average Bonchev–Trinajstić information content (AvgIpc) is 2.34. The Labute approximate surface area is 112 Å². The predicted molar refractivity (Wildman–Crippen MR) is 72.9 cm³/mol. The number of carboxylic acids is 1. The number of thioether (sulfide) groups is 1. The van der Waals surface area contributed by atoms with Crippen molar-refractivity contribution in [3.05, 3.63) is 0 Å². The molecule has 1 aliphatic rings. The Balaban J connectivity index is 2.26. The van der Waals surface area contributed by atoms with Crippen LogP contribution in [0.1, 0.15) is 26.7 Å². The van der Waals surface area contributed by atoms with Crippen molar-refractivity contribution in [3.8, 4) is 0 Å². The average molecular weight is 274 g/mol. The van der Waals surface area contributed by atoms with Gasteiger partial charge in [-0.3, -0.25) is 4.79 Å². The van der Waals surface area contributed by atoms with Crippen LogP contribution in [0.25, 0.3) is 0 Å². The molecule has 0 saturated carbocycles. The zero-order chi connectivity index (χ0) is 13.5. The minimum Gasteiger partial charge on any atom is -0.481 e. The summed E-state index contributed by atoms with van der Waals surface area (Å²) in [6.45, 7) is 5.87. The van der Waals surface area contributed by atoms with Gasteiger partial charge in [0.15, 0.2) is 0 Å². The number of hydrogen-bond donors (Lipinski definition) is 2. The number of amides is 2. The van der Waals surface area contributed by atoms with Crippen molar-refractivity contribution < 1.29 is 14.7 Å². The molecule has 0 aromatic heterocycles. The van der Waals surface area contributed by atoms with E-state index in [-0.39, 0.29) is 6.03 Å². The molecule has 1 heterocycles. The standard InChI is InChI=1S/C12H22N2O3S/c1-9(2)18-7-5-13-12(17)14-6-3-4-10(8-14)11(15)16/h9-10H,3-8H2,1-2H3,(H,13,17)(H,15,16). The molecule has 1 aliphatic heterocycles. The lowest BCUT2D eigenvalue weighted by atomic mass is 9.99. The minimum atomic E-state index is -0.803. The molecule has 104 valence electrons.